The lowest BCUT2D eigenvalue weighted by Gasteiger charge is -2.37. The first-order chi connectivity index (χ1) is 12.8. The fourth-order valence-electron chi connectivity index (χ4n) is 2.59. The van der Waals surface area contributed by atoms with E-state index < -0.39 is 19.6 Å². The van der Waals surface area contributed by atoms with E-state index in [-0.39, 0.29) is 37.7 Å². The highest BCUT2D eigenvalue weighted by atomic mass is 31.2. The van der Waals surface area contributed by atoms with Crippen LogP contribution in [0.5, 0.6) is 0 Å². The maximum absolute atomic E-state index is 11.4. The molecule has 0 radical (unpaired) electrons. The van der Waals surface area contributed by atoms with Crippen LogP contribution in [0.2, 0.25) is 0 Å². The Bertz CT molecular complexity index is 631. The Morgan fingerprint density at radius 3 is 2.54 bits per heavy atom. The van der Waals surface area contributed by atoms with Crippen LogP contribution in [0.1, 0.15) is 60.5 Å². The van der Waals surface area contributed by atoms with Crippen molar-refractivity contribution in [2.75, 3.05) is 6.61 Å². The highest BCUT2D eigenvalue weighted by molar-refractivity contribution is 7.44. The van der Waals surface area contributed by atoms with Gasteiger partial charge in [-0.25, -0.2) is 4.67 Å². The molecule has 0 aromatic heterocycles. The van der Waals surface area contributed by atoms with Crippen molar-refractivity contribution in [2.24, 2.45) is 0 Å². The van der Waals surface area contributed by atoms with Gasteiger partial charge in [0.25, 0.3) is 14.2 Å². The van der Waals surface area contributed by atoms with Gasteiger partial charge in [-0.3, -0.25) is 10.1 Å². The van der Waals surface area contributed by atoms with Crippen LogP contribution in [-0.2, 0) is 9.05 Å². The number of rotatable bonds is 11. The molecular weight excluding hydrogens is 353 g/mol. The lowest BCUT2D eigenvalue weighted by Crippen LogP contribution is -2.34. The molecule has 26 heavy (non-hydrogen) atoms. The van der Waals surface area contributed by atoms with E-state index in [4.69, 9.17) is 15.7 Å². The molecule has 0 amide bonds. The van der Waals surface area contributed by atoms with Crippen molar-refractivity contribution in [1.82, 2.24) is 4.67 Å². The van der Waals surface area contributed by atoms with Gasteiger partial charge < -0.3 is 9.05 Å². The molecule has 0 aliphatic rings. The maximum Gasteiger partial charge on any atom is 0.275 e. The Morgan fingerprint density at radius 1 is 1.35 bits per heavy atom. The van der Waals surface area contributed by atoms with Gasteiger partial charge in [0.15, 0.2) is 0 Å². The maximum atomic E-state index is 11.4. The first-order valence-electron chi connectivity index (χ1n) is 9.31. The highest BCUT2D eigenvalue weighted by Gasteiger charge is 2.31. The lowest BCUT2D eigenvalue weighted by molar-refractivity contribution is -0.386. The number of nitro benzene ring substituents is 1. The second kappa shape index (κ2) is 11.2. The van der Waals surface area contributed by atoms with Crippen molar-refractivity contribution in [3.63, 3.8) is 0 Å². The molecule has 2 atom stereocenters. The minimum absolute atomic E-state index is 0.0245. The van der Waals surface area contributed by atoms with Crippen LogP contribution in [0.15, 0.2) is 24.3 Å². The molecule has 0 N–H and O–H groups in total. The van der Waals surface area contributed by atoms with Crippen molar-refractivity contribution in [3.05, 3.63) is 39.9 Å². The average molecular weight is 382 g/mol. The molecule has 0 bridgehead atoms. The lowest BCUT2D eigenvalue weighted by atomic mass is 10.1. The van der Waals surface area contributed by atoms with Gasteiger partial charge in [0.05, 0.1) is 35.7 Å². The molecule has 8 heteroatoms. The molecule has 7 nitrogen and oxygen atoms in total. The van der Waals surface area contributed by atoms with E-state index in [0.717, 1.165) is 0 Å². The molecule has 0 saturated carbocycles. The van der Waals surface area contributed by atoms with Crippen molar-refractivity contribution in [2.45, 2.75) is 65.6 Å². The number of hydrogen-bond donors (Lipinski definition) is 0. The van der Waals surface area contributed by atoms with E-state index in [0.29, 0.717) is 12.0 Å². The Morgan fingerprint density at radius 2 is 2.00 bits per heavy atom. The molecular formula is C18H28N3O4P. The van der Waals surface area contributed by atoms with E-state index in [2.05, 4.69) is 4.67 Å². The zero-order valence-electron chi connectivity index (χ0n) is 16.8. The largest absolute Gasteiger partial charge is 0.321 e. The van der Waals surface area contributed by atoms with Crippen LogP contribution < -0.4 is 0 Å². The average Bonchev–Trinajstić information content (AvgIpc) is 2.60. The molecule has 144 valence electrons. The van der Waals surface area contributed by atoms with Crippen LogP contribution in [0.4, 0.5) is 5.69 Å². The molecule has 1 rings (SSSR count). The minimum Gasteiger partial charge on any atom is -0.321 e. The highest BCUT2D eigenvalue weighted by Crippen LogP contribution is 2.51. The Balaban J connectivity index is 3.19. The zero-order valence-corrected chi connectivity index (χ0v) is 16.7. The Labute approximate surface area is 158 Å². The summed E-state index contributed by atoms with van der Waals surface area (Å²) in [6.45, 7) is 8.39. The summed E-state index contributed by atoms with van der Waals surface area (Å²) >= 11 is 0. The number of nitrogens with zero attached hydrogens (tertiary/aromatic N) is 3. The molecule has 1 unspecified atom stereocenters. The van der Waals surface area contributed by atoms with Gasteiger partial charge in [-0.05, 0) is 40.2 Å². The zero-order chi connectivity index (χ0) is 20.4. The molecule has 0 heterocycles. The first-order valence-corrected chi connectivity index (χ1v) is 9.74. The predicted molar refractivity (Wildman–Crippen MR) is 102 cm³/mol. The molecule has 0 aliphatic heterocycles. The quantitative estimate of drug-likeness (QED) is 0.222. The van der Waals surface area contributed by atoms with E-state index in [1.807, 2.05) is 33.8 Å². The standard InChI is InChI=1S/C18H28N3O4P/c1-6-18(16-10-7-8-11-17(16)21(22)23)25-26(24-13-9-12-19)20(14(2)3)15(4)5/h7-8,10-11,14-15,18H,6,9,13H2,1-5H3/t18-,26?/m0/s1/i1D. The Kier molecular flexibility index (Phi) is 8.93. The smallest absolute Gasteiger partial charge is 0.275 e. The molecule has 0 fully saturated rings. The number of benzene rings is 1. The summed E-state index contributed by atoms with van der Waals surface area (Å²) in [6.07, 6.45) is -0.0758. The van der Waals surface area contributed by atoms with Gasteiger partial charge in [0.2, 0.25) is 0 Å². The topological polar surface area (TPSA) is 88.6 Å². The van der Waals surface area contributed by atoms with Gasteiger partial charge >= 0.3 is 0 Å². The van der Waals surface area contributed by atoms with E-state index in [9.17, 15) is 10.1 Å². The van der Waals surface area contributed by atoms with Gasteiger partial charge in [0.1, 0.15) is 0 Å². The number of para-hydroxylation sites is 1. The first kappa shape index (κ1) is 20.7. The van der Waals surface area contributed by atoms with E-state index in [1.165, 1.54) is 6.07 Å². The normalized spacial score (nSPS) is 14.3. The molecule has 0 aliphatic carbocycles. The fraction of sp³-hybridized carbons (Fsp3) is 0.611. The van der Waals surface area contributed by atoms with Crippen LogP contribution in [0.3, 0.4) is 0 Å². The third kappa shape index (κ3) is 6.30. The van der Waals surface area contributed by atoms with Gasteiger partial charge in [-0.1, -0.05) is 19.0 Å². The van der Waals surface area contributed by atoms with Gasteiger partial charge in [0, 0.05) is 19.5 Å². The van der Waals surface area contributed by atoms with Crippen molar-refractivity contribution >= 4 is 14.2 Å². The summed E-state index contributed by atoms with van der Waals surface area (Å²) in [5.41, 5.74) is 0.419. The monoisotopic (exact) mass is 382 g/mol. The summed E-state index contributed by atoms with van der Waals surface area (Å²) in [4.78, 5) is 11.0. The van der Waals surface area contributed by atoms with Crippen LogP contribution in [-0.4, -0.2) is 28.3 Å². The summed E-state index contributed by atoms with van der Waals surface area (Å²) in [5, 5.41) is 20.2. The fourth-order valence-corrected chi connectivity index (χ4v) is 4.34. The van der Waals surface area contributed by atoms with Crippen LogP contribution >= 0.6 is 8.53 Å². The van der Waals surface area contributed by atoms with Crippen molar-refractivity contribution < 1.29 is 15.3 Å². The van der Waals surface area contributed by atoms with Crippen LogP contribution in [0, 0.1) is 21.4 Å². The SMILES string of the molecule is [2H]CC[C@H](OP(OCCC#N)N(C(C)C)C(C)C)c1ccccc1[N+](=O)[O-]. The van der Waals surface area contributed by atoms with Crippen molar-refractivity contribution in [1.29, 1.82) is 5.26 Å². The number of hydrogen-bond acceptors (Lipinski definition) is 6. The summed E-state index contributed by atoms with van der Waals surface area (Å²) in [7, 11) is -1.54. The Hall–Kier alpha value is -1.58. The minimum atomic E-state index is -1.54. The van der Waals surface area contributed by atoms with E-state index >= 15 is 0 Å². The summed E-state index contributed by atoms with van der Waals surface area (Å²) < 4.78 is 21.8. The van der Waals surface area contributed by atoms with Gasteiger partial charge in [-0.2, -0.15) is 5.26 Å². The number of nitro groups is 1. The second-order valence-electron chi connectivity index (χ2n) is 6.25. The summed E-state index contributed by atoms with van der Waals surface area (Å²) in [6, 6.07) is 8.74. The summed E-state index contributed by atoms with van der Waals surface area (Å²) in [5.74, 6) is 0. The predicted octanol–water partition coefficient (Wildman–Crippen LogP) is 5.34. The second-order valence-corrected chi connectivity index (χ2v) is 7.65. The third-order valence-electron chi connectivity index (χ3n) is 3.62. The molecule has 1 aromatic rings. The molecule has 0 spiro atoms. The van der Waals surface area contributed by atoms with E-state index in [1.54, 1.807) is 18.2 Å². The molecule has 1 aromatic carbocycles. The van der Waals surface area contributed by atoms with Crippen molar-refractivity contribution in [3.8, 4) is 6.07 Å². The third-order valence-corrected chi connectivity index (χ3v) is 5.76. The number of nitriles is 1. The van der Waals surface area contributed by atoms with Gasteiger partial charge in [-0.15, -0.1) is 0 Å². The van der Waals surface area contributed by atoms with Crippen LogP contribution in [0.25, 0.3) is 0 Å². The molecule has 0 saturated heterocycles.